The zero-order chi connectivity index (χ0) is 14.2. The highest BCUT2D eigenvalue weighted by Gasteiger charge is 2.34. The van der Waals surface area contributed by atoms with Gasteiger partial charge >= 0.3 is 0 Å². The lowest BCUT2D eigenvalue weighted by molar-refractivity contribution is 0.247. The van der Waals surface area contributed by atoms with Gasteiger partial charge in [-0.2, -0.15) is 4.31 Å². The summed E-state index contributed by atoms with van der Waals surface area (Å²) in [6, 6.07) is 4.77. The summed E-state index contributed by atoms with van der Waals surface area (Å²) in [5.74, 6) is 0. The molecule has 0 bridgehead atoms. The van der Waals surface area contributed by atoms with Gasteiger partial charge in [0.05, 0.1) is 5.02 Å². The molecule has 0 spiro atoms. The Labute approximate surface area is 127 Å². The van der Waals surface area contributed by atoms with Crippen molar-refractivity contribution in [3.8, 4) is 0 Å². The number of hydrogen-bond acceptors (Lipinski definition) is 3. The molecule has 0 saturated carbocycles. The minimum absolute atomic E-state index is 0.0711. The third kappa shape index (κ3) is 3.13. The van der Waals surface area contributed by atoms with Crippen LogP contribution in [0.3, 0.4) is 0 Å². The first kappa shape index (κ1) is 15.3. The molecule has 2 unspecified atom stereocenters. The molecule has 0 radical (unpaired) electrons. The van der Waals surface area contributed by atoms with Crippen molar-refractivity contribution in [3.05, 3.63) is 27.7 Å². The molecular weight excluding hydrogens is 352 g/mol. The van der Waals surface area contributed by atoms with Crippen LogP contribution in [0.25, 0.3) is 0 Å². The zero-order valence-electron chi connectivity index (χ0n) is 10.5. The van der Waals surface area contributed by atoms with E-state index in [1.165, 1.54) is 10.4 Å². The summed E-state index contributed by atoms with van der Waals surface area (Å²) in [5, 5.41) is 0.233. The zero-order valence-corrected chi connectivity index (χ0v) is 13.7. The van der Waals surface area contributed by atoms with Crippen LogP contribution in [0.4, 0.5) is 0 Å². The smallest absolute Gasteiger partial charge is 0.244 e. The summed E-state index contributed by atoms with van der Waals surface area (Å²) in [7, 11) is -3.56. The fourth-order valence-corrected chi connectivity index (χ4v) is 5.02. The van der Waals surface area contributed by atoms with E-state index in [0.29, 0.717) is 19.4 Å². The maximum absolute atomic E-state index is 12.6. The normalized spacial score (nSPS) is 25.5. The topological polar surface area (TPSA) is 63.4 Å². The lowest BCUT2D eigenvalue weighted by Gasteiger charge is -2.35. The number of halogens is 2. The molecule has 1 aromatic rings. The number of hydrogen-bond donors (Lipinski definition) is 1. The fourth-order valence-electron chi connectivity index (χ4n) is 2.35. The molecule has 1 aromatic carbocycles. The molecule has 7 heteroatoms. The SMILES string of the molecule is CC1CC(N)CCN1S(=O)(=O)c1ccc(Br)cc1Cl. The monoisotopic (exact) mass is 366 g/mol. The van der Waals surface area contributed by atoms with Crippen molar-refractivity contribution in [1.82, 2.24) is 4.31 Å². The first-order valence-electron chi connectivity index (χ1n) is 6.05. The second-order valence-electron chi connectivity index (χ2n) is 4.82. The Morgan fingerprint density at radius 2 is 2.16 bits per heavy atom. The summed E-state index contributed by atoms with van der Waals surface area (Å²) in [5.41, 5.74) is 5.87. The van der Waals surface area contributed by atoms with Gasteiger partial charge in [0.1, 0.15) is 4.90 Å². The van der Waals surface area contributed by atoms with Gasteiger partial charge in [0.2, 0.25) is 10.0 Å². The standard InChI is InChI=1S/C12H16BrClN2O2S/c1-8-6-10(15)4-5-16(8)19(17,18)12-3-2-9(13)7-11(12)14/h2-3,7-8,10H,4-6,15H2,1H3. The largest absolute Gasteiger partial charge is 0.328 e. The predicted molar refractivity (Wildman–Crippen MR) is 79.7 cm³/mol. The number of nitrogens with zero attached hydrogens (tertiary/aromatic N) is 1. The van der Waals surface area contributed by atoms with Crippen LogP contribution in [0.15, 0.2) is 27.6 Å². The van der Waals surface area contributed by atoms with Gasteiger partial charge in [-0.1, -0.05) is 27.5 Å². The Morgan fingerprint density at radius 1 is 1.47 bits per heavy atom. The molecule has 0 aliphatic carbocycles. The van der Waals surface area contributed by atoms with E-state index in [1.54, 1.807) is 12.1 Å². The first-order chi connectivity index (χ1) is 8.82. The molecule has 1 saturated heterocycles. The molecule has 1 aliphatic heterocycles. The summed E-state index contributed by atoms with van der Waals surface area (Å²) in [4.78, 5) is 0.152. The Hall–Kier alpha value is -0.140. The molecule has 1 aliphatic rings. The average molecular weight is 368 g/mol. The van der Waals surface area contributed by atoms with E-state index >= 15 is 0 Å². The van der Waals surface area contributed by atoms with Crippen LogP contribution >= 0.6 is 27.5 Å². The molecule has 1 heterocycles. The molecule has 106 valence electrons. The molecule has 2 atom stereocenters. The molecule has 2 rings (SSSR count). The Kier molecular flexibility index (Phi) is 4.57. The molecule has 19 heavy (non-hydrogen) atoms. The van der Waals surface area contributed by atoms with Gasteiger partial charge < -0.3 is 5.73 Å². The number of benzene rings is 1. The highest BCUT2D eigenvalue weighted by molar-refractivity contribution is 9.10. The molecule has 4 nitrogen and oxygen atoms in total. The van der Waals surface area contributed by atoms with Crippen molar-refractivity contribution in [2.24, 2.45) is 5.73 Å². The van der Waals surface area contributed by atoms with Gasteiger partial charge in [0.15, 0.2) is 0 Å². The summed E-state index contributed by atoms with van der Waals surface area (Å²) in [6.07, 6.45) is 1.35. The number of piperidine rings is 1. The van der Waals surface area contributed by atoms with Crippen LogP contribution in [0, 0.1) is 0 Å². The van der Waals surface area contributed by atoms with E-state index in [2.05, 4.69) is 15.9 Å². The van der Waals surface area contributed by atoms with Crippen molar-refractivity contribution in [2.75, 3.05) is 6.54 Å². The van der Waals surface area contributed by atoms with Crippen molar-refractivity contribution in [1.29, 1.82) is 0 Å². The van der Waals surface area contributed by atoms with Crippen LogP contribution in [-0.4, -0.2) is 31.4 Å². The third-order valence-corrected chi connectivity index (χ3v) is 6.33. The highest BCUT2D eigenvalue weighted by atomic mass is 79.9. The molecule has 2 N–H and O–H groups in total. The molecular formula is C12H16BrClN2O2S. The number of nitrogens with two attached hydrogens (primary N) is 1. The van der Waals surface area contributed by atoms with Gasteiger partial charge in [0.25, 0.3) is 0 Å². The Balaban J connectivity index is 2.37. The summed E-state index contributed by atoms with van der Waals surface area (Å²) in [6.45, 7) is 2.32. The highest BCUT2D eigenvalue weighted by Crippen LogP contribution is 2.30. The van der Waals surface area contributed by atoms with E-state index in [9.17, 15) is 8.42 Å². The summed E-state index contributed by atoms with van der Waals surface area (Å²) >= 11 is 9.32. The quantitative estimate of drug-likeness (QED) is 0.874. The van der Waals surface area contributed by atoms with E-state index in [1.807, 2.05) is 6.92 Å². The average Bonchev–Trinajstić information content (AvgIpc) is 2.27. The second-order valence-corrected chi connectivity index (χ2v) is 8.01. The lowest BCUT2D eigenvalue weighted by atomic mass is 10.0. The van der Waals surface area contributed by atoms with Crippen LogP contribution in [0.1, 0.15) is 19.8 Å². The van der Waals surface area contributed by atoms with E-state index < -0.39 is 10.0 Å². The van der Waals surface area contributed by atoms with Crippen molar-refractivity contribution < 1.29 is 8.42 Å². The third-order valence-electron chi connectivity index (χ3n) is 3.34. The molecule has 0 amide bonds. The van der Waals surface area contributed by atoms with Gasteiger partial charge in [-0.3, -0.25) is 0 Å². The van der Waals surface area contributed by atoms with Gasteiger partial charge in [-0.25, -0.2) is 8.42 Å². The Morgan fingerprint density at radius 3 is 2.74 bits per heavy atom. The van der Waals surface area contributed by atoms with Crippen LogP contribution in [0.2, 0.25) is 5.02 Å². The van der Waals surface area contributed by atoms with Crippen molar-refractivity contribution >= 4 is 37.6 Å². The number of sulfonamides is 1. The van der Waals surface area contributed by atoms with Gasteiger partial charge in [-0.05, 0) is 38.0 Å². The second kappa shape index (κ2) is 5.69. The van der Waals surface area contributed by atoms with Gasteiger partial charge in [0, 0.05) is 23.1 Å². The minimum atomic E-state index is -3.56. The van der Waals surface area contributed by atoms with E-state index in [-0.39, 0.29) is 22.0 Å². The van der Waals surface area contributed by atoms with E-state index in [0.717, 1.165) is 4.47 Å². The lowest BCUT2D eigenvalue weighted by Crippen LogP contribution is -2.48. The number of rotatable bonds is 2. The maximum Gasteiger partial charge on any atom is 0.244 e. The van der Waals surface area contributed by atoms with Crippen LogP contribution < -0.4 is 5.73 Å². The molecule has 1 fully saturated rings. The van der Waals surface area contributed by atoms with E-state index in [4.69, 9.17) is 17.3 Å². The van der Waals surface area contributed by atoms with Crippen molar-refractivity contribution in [2.45, 2.75) is 36.7 Å². The van der Waals surface area contributed by atoms with Crippen molar-refractivity contribution in [3.63, 3.8) is 0 Å². The Bertz CT molecular complexity index is 579. The summed E-state index contributed by atoms with van der Waals surface area (Å²) < 4.78 is 27.5. The fraction of sp³-hybridized carbons (Fsp3) is 0.500. The first-order valence-corrected chi connectivity index (χ1v) is 8.66. The maximum atomic E-state index is 12.6. The predicted octanol–water partition coefficient (Wildman–Crippen LogP) is 2.60. The molecule has 0 aromatic heterocycles. The van der Waals surface area contributed by atoms with Crippen LogP contribution in [0.5, 0.6) is 0 Å². The van der Waals surface area contributed by atoms with Gasteiger partial charge in [-0.15, -0.1) is 0 Å². The van der Waals surface area contributed by atoms with Crippen LogP contribution in [-0.2, 0) is 10.0 Å². The minimum Gasteiger partial charge on any atom is -0.328 e.